The summed E-state index contributed by atoms with van der Waals surface area (Å²) >= 11 is 0. The van der Waals surface area contributed by atoms with Gasteiger partial charge in [-0.05, 0) is 44.1 Å². The fourth-order valence-electron chi connectivity index (χ4n) is 4.93. The topological polar surface area (TPSA) is 98.4 Å². The number of hydrogen-bond donors (Lipinski definition) is 2. The normalized spacial score (nSPS) is 13.5. The van der Waals surface area contributed by atoms with Gasteiger partial charge in [0.15, 0.2) is 0 Å². The number of aromatic nitrogens is 2. The quantitative estimate of drug-likeness (QED) is 0.287. The minimum Gasteiger partial charge on any atom is -0.342 e. The average molecular weight is 530 g/mol. The molecule has 2 amide bonds. The van der Waals surface area contributed by atoms with E-state index in [-0.39, 0.29) is 23.6 Å². The van der Waals surface area contributed by atoms with Crippen LogP contribution in [-0.4, -0.2) is 64.6 Å². The van der Waals surface area contributed by atoms with E-state index in [2.05, 4.69) is 15.3 Å². The van der Waals surface area contributed by atoms with Gasteiger partial charge in [-0.3, -0.25) is 14.4 Å². The molecule has 3 aromatic rings. The molecule has 0 spiro atoms. The number of carbonyl (C=O) groups excluding carboxylic acids is 3. The van der Waals surface area contributed by atoms with Gasteiger partial charge in [0.05, 0.1) is 29.1 Å². The van der Waals surface area contributed by atoms with E-state index in [0.717, 1.165) is 42.6 Å². The molecule has 2 N–H and O–H groups in total. The number of benzene rings is 2. The SMILES string of the molecule is CCC(=O)CCCCC[C@H](NC(=O)c1cccc2c1C(=O)N(CCN(C)C)C2)c1ncc(-c2ccccc2)[nH]1. The third kappa shape index (κ3) is 7.20. The molecule has 1 atom stereocenters. The highest BCUT2D eigenvalue weighted by Gasteiger charge is 2.32. The van der Waals surface area contributed by atoms with E-state index in [1.54, 1.807) is 17.2 Å². The third-order valence-corrected chi connectivity index (χ3v) is 7.23. The Morgan fingerprint density at radius 2 is 1.87 bits per heavy atom. The summed E-state index contributed by atoms with van der Waals surface area (Å²) in [6.07, 6.45) is 6.19. The zero-order valence-electron chi connectivity index (χ0n) is 23.2. The molecule has 206 valence electrons. The first-order valence-electron chi connectivity index (χ1n) is 13.9. The molecular weight excluding hydrogens is 490 g/mol. The molecular formula is C31H39N5O3. The molecule has 8 nitrogen and oxygen atoms in total. The Bertz CT molecular complexity index is 1280. The van der Waals surface area contributed by atoms with E-state index < -0.39 is 0 Å². The van der Waals surface area contributed by atoms with Gasteiger partial charge < -0.3 is 20.1 Å². The minimum atomic E-state index is -0.353. The zero-order valence-corrected chi connectivity index (χ0v) is 23.2. The van der Waals surface area contributed by atoms with E-state index in [0.29, 0.717) is 49.3 Å². The molecule has 1 aliphatic rings. The number of H-pyrrole nitrogens is 1. The first-order valence-corrected chi connectivity index (χ1v) is 13.9. The van der Waals surface area contributed by atoms with E-state index in [9.17, 15) is 14.4 Å². The molecule has 0 saturated carbocycles. The number of ketones is 1. The monoisotopic (exact) mass is 529 g/mol. The predicted molar refractivity (Wildman–Crippen MR) is 152 cm³/mol. The van der Waals surface area contributed by atoms with Gasteiger partial charge in [0.25, 0.3) is 11.8 Å². The Morgan fingerprint density at radius 1 is 1.08 bits per heavy atom. The van der Waals surface area contributed by atoms with Crippen molar-refractivity contribution >= 4 is 17.6 Å². The van der Waals surface area contributed by atoms with Gasteiger partial charge >= 0.3 is 0 Å². The van der Waals surface area contributed by atoms with Gasteiger partial charge in [-0.2, -0.15) is 0 Å². The van der Waals surface area contributed by atoms with Crippen molar-refractivity contribution in [2.75, 3.05) is 27.2 Å². The maximum absolute atomic E-state index is 13.6. The number of unbranched alkanes of at least 4 members (excludes halogenated alkanes) is 2. The van der Waals surface area contributed by atoms with Crippen molar-refractivity contribution in [3.8, 4) is 11.3 Å². The maximum Gasteiger partial charge on any atom is 0.255 e. The summed E-state index contributed by atoms with van der Waals surface area (Å²) in [4.78, 5) is 50.4. The Balaban J connectivity index is 1.51. The first-order chi connectivity index (χ1) is 18.9. The van der Waals surface area contributed by atoms with Crippen LogP contribution in [0.25, 0.3) is 11.3 Å². The van der Waals surface area contributed by atoms with Gasteiger partial charge in [-0.25, -0.2) is 4.98 Å². The summed E-state index contributed by atoms with van der Waals surface area (Å²) in [5.74, 6) is 0.580. The minimum absolute atomic E-state index is 0.0981. The standard InChI is InChI=1S/C31H39N5O3/c1-4-24(37)15-9-6-10-17-26(29-32-20-27(33-29)22-12-7-5-8-13-22)34-30(38)25-16-11-14-23-21-36(19-18-35(2)3)31(39)28(23)25/h5,7-8,11-14,16,20,26H,4,6,9-10,15,17-19,21H2,1-3H3,(H,32,33)(H,34,38)/t26-/m0/s1. The Kier molecular flexibility index (Phi) is 9.65. The second-order valence-corrected chi connectivity index (χ2v) is 10.4. The molecule has 0 bridgehead atoms. The highest BCUT2D eigenvalue weighted by molar-refractivity contribution is 6.09. The van der Waals surface area contributed by atoms with Crippen LogP contribution in [0.1, 0.15) is 83.6 Å². The van der Waals surface area contributed by atoms with Crippen LogP contribution in [0.5, 0.6) is 0 Å². The number of hydrogen-bond acceptors (Lipinski definition) is 5. The summed E-state index contributed by atoms with van der Waals surface area (Å²) in [6.45, 7) is 3.78. The highest BCUT2D eigenvalue weighted by atomic mass is 16.2. The van der Waals surface area contributed by atoms with Crippen LogP contribution in [0.3, 0.4) is 0 Å². The summed E-state index contributed by atoms with van der Waals surface area (Å²) in [5, 5.41) is 3.16. The summed E-state index contributed by atoms with van der Waals surface area (Å²) in [5.41, 5.74) is 3.68. The lowest BCUT2D eigenvalue weighted by atomic mass is 10.0. The number of amides is 2. The van der Waals surface area contributed by atoms with E-state index in [4.69, 9.17) is 0 Å². The van der Waals surface area contributed by atoms with Gasteiger partial charge in [0.1, 0.15) is 11.6 Å². The van der Waals surface area contributed by atoms with Crippen LogP contribution in [0.15, 0.2) is 54.7 Å². The van der Waals surface area contributed by atoms with Gasteiger partial charge in [0, 0.05) is 32.5 Å². The van der Waals surface area contributed by atoms with Crippen LogP contribution < -0.4 is 5.32 Å². The highest BCUT2D eigenvalue weighted by Crippen LogP contribution is 2.28. The van der Waals surface area contributed by atoms with Gasteiger partial charge in [-0.15, -0.1) is 0 Å². The molecule has 0 fully saturated rings. The molecule has 0 unspecified atom stereocenters. The van der Waals surface area contributed by atoms with Gasteiger partial charge in [-0.1, -0.05) is 62.2 Å². The molecule has 0 radical (unpaired) electrons. The molecule has 4 rings (SSSR count). The number of nitrogens with zero attached hydrogens (tertiary/aromatic N) is 3. The molecule has 1 aliphatic heterocycles. The average Bonchev–Trinajstić information content (AvgIpc) is 3.56. The lowest BCUT2D eigenvalue weighted by Crippen LogP contribution is -2.33. The third-order valence-electron chi connectivity index (χ3n) is 7.23. The van der Waals surface area contributed by atoms with E-state index in [1.165, 1.54) is 0 Å². The lowest BCUT2D eigenvalue weighted by Gasteiger charge is -2.19. The molecule has 8 heteroatoms. The van der Waals surface area contributed by atoms with Gasteiger partial charge in [0.2, 0.25) is 0 Å². The zero-order chi connectivity index (χ0) is 27.8. The molecule has 39 heavy (non-hydrogen) atoms. The first kappa shape index (κ1) is 28.2. The van der Waals surface area contributed by atoms with Crippen molar-refractivity contribution in [3.63, 3.8) is 0 Å². The molecule has 2 heterocycles. The fourth-order valence-corrected chi connectivity index (χ4v) is 4.93. The number of carbonyl (C=O) groups is 3. The molecule has 0 saturated heterocycles. The smallest absolute Gasteiger partial charge is 0.255 e. The summed E-state index contributed by atoms with van der Waals surface area (Å²) < 4.78 is 0. The number of Topliss-reactive ketones (excluding diaryl/α,β-unsaturated/α-hetero) is 1. The predicted octanol–water partition coefficient (Wildman–Crippen LogP) is 4.99. The van der Waals surface area contributed by atoms with Crippen LogP contribution in [0, 0.1) is 0 Å². The van der Waals surface area contributed by atoms with Crippen molar-refractivity contribution < 1.29 is 14.4 Å². The van der Waals surface area contributed by atoms with Crippen LogP contribution in [-0.2, 0) is 11.3 Å². The Labute approximate surface area is 230 Å². The van der Waals surface area contributed by atoms with Crippen molar-refractivity contribution in [1.29, 1.82) is 0 Å². The molecule has 2 aromatic carbocycles. The number of nitrogens with one attached hydrogen (secondary N) is 2. The Hall–Kier alpha value is -3.78. The van der Waals surface area contributed by atoms with Crippen molar-refractivity contribution in [3.05, 3.63) is 77.2 Å². The molecule has 0 aliphatic carbocycles. The van der Waals surface area contributed by atoms with E-state index in [1.807, 2.05) is 68.4 Å². The number of likely N-dealkylation sites (N-methyl/N-ethyl adjacent to an activating group) is 1. The number of fused-ring (bicyclic) bond motifs is 1. The van der Waals surface area contributed by atoms with E-state index >= 15 is 0 Å². The largest absolute Gasteiger partial charge is 0.342 e. The number of aromatic amines is 1. The lowest BCUT2D eigenvalue weighted by molar-refractivity contribution is -0.118. The van der Waals surface area contributed by atoms with Crippen molar-refractivity contribution in [2.24, 2.45) is 0 Å². The number of rotatable bonds is 14. The summed E-state index contributed by atoms with van der Waals surface area (Å²) in [7, 11) is 3.96. The Morgan fingerprint density at radius 3 is 2.62 bits per heavy atom. The number of imidazole rings is 1. The second-order valence-electron chi connectivity index (χ2n) is 10.4. The van der Waals surface area contributed by atoms with Crippen LogP contribution in [0.4, 0.5) is 0 Å². The van der Waals surface area contributed by atoms with Crippen LogP contribution in [0.2, 0.25) is 0 Å². The van der Waals surface area contributed by atoms with Crippen molar-refractivity contribution in [2.45, 2.75) is 58.0 Å². The maximum atomic E-state index is 13.6. The molecule has 1 aromatic heterocycles. The second kappa shape index (κ2) is 13.3. The summed E-state index contributed by atoms with van der Waals surface area (Å²) in [6, 6.07) is 15.1. The van der Waals surface area contributed by atoms with Crippen LogP contribution >= 0.6 is 0 Å². The fraction of sp³-hybridized carbons (Fsp3) is 0.419. The van der Waals surface area contributed by atoms with Crippen molar-refractivity contribution in [1.82, 2.24) is 25.1 Å².